The van der Waals surface area contributed by atoms with E-state index in [1.807, 2.05) is 48.7 Å². The average molecular weight is 376 g/mol. The van der Waals surface area contributed by atoms with E-state index in [0.717, 1.165) is 32.8 Å². The van der Waals surface area contributed by atoms with Gasteiger partial charge in [0.1, 0.15) is 0 Å². The molecular weight excluding hydrogens is 342 g/mol. The first kappa shape index (κ1) is 23.2. The zero-order chi connectivity index (χ0) is 19.6. The van der Waals surface area contributed by atoms with Gasteiger partial charge in [-0.05, 0) is 30.0 Å². The molecule has 2 heterocycles. The van der Waals surface area contributed by atoms with Crippen LogP contribution in [0.25, 0.3) is 0 Å². The molecule has 0 bridgehead atoms. The molecule has 1 aliphatic heterocycles. The summed E-state index contributed by atoms with van der Waals surface area (Å²) in [5.74, 6) is 0.667. The monoisotopic (exact) mass is 375 g/mol. The predicted octanol–water partition coefficient (Wildman–Crippen LogP) is 3.77. The Bertz CT molecular complexity index is 545. The van der Waals surface area contributed by atoms with Crippen LogP contribution in [-0.4, -0.2) is 52.7 Å². The first-order chi connectivity index (χ1) is 13.3. The van der Waals surface area contributed by atoms with Gasteiger partial charge in [-0.15, -0.1) is 0 Å². The smallest absolute Gasteiger partial charge is 0.0713 e. The van der Waals surface area contributed by atoms with E-state index in [0.29, 0.717) is 12.5 Å². The van der Waals surface area contributed by atoms with E-state index in [9.17, 15) is 0 Å². The lowest BCUT2D eigenvalue weighted by Crippen LogP contribution is -2.06. The number of benzene rings is 1. The van der Waals surface area contributed by atoms with Gasteiger partial charge in [-0.2, -0.15) is 0 Å². The van der Waals surface area contributed by atoms with Crippen LogP contribution in [0.1, 0.15) is 17.5 Å². The van der Waals surface area contributed by atoms with Gasteiger partial charge in [0, 0.05) is 46.2 Å². The fraction of sp³-hybridized carbons (Fsp3) is 0.500. The van der Waals surface area contributed by atoms with Crippen molar-refractivity contribution in [1.29, 1.82) is 0 Å². The first-order valence-corrected chi connectivity index (χ1v) is 9.27. The van der Waals surface area contributed by atoms with Crippen LogP contribution in [0, 0.1) is 5.92 Å². The highest BCUT2D eigenvalue weighted by Gasteiger charge is 2.14. The van der Waals surface area contributed by atoms with Gasteiger partial charge in [-0.25, -0.2) is 0 Å². The Morgan fingerprint density at radius 2 is 1.74 bits per heavy atom. The summed E-state index contributed by atoms with van der Waals surface area (Å²) in [5.41, 5.74) is 2.45. The van der Waals surface area contributed by atoms with Crippen molar-refractivity contribution in [2.45, 2.75) is 19.4 Å². The van der Waals surface area contributed by atoms with Gasteiger partial charge in [0.05, 0.1) is 26.4 Å². The molecule has 0 aliphatic carbocycles. The summed E-state index contributed by atoms with van der Waals surface area (Å²) in [7, 11) is 5.14. The third kappa shape index (κ3) is 12.3. The van der Waals surface area contributed by atoms with E-state index in [1.165, 1.54) is 17.5 Å². The summed E-state index contributed by atoms with van der Waals surface area (Å²) >= 11 is 0. The number of hydrogen-bond donors (Lipinski definition) is 0. The zero-order valence-corrected chi connectivity index (χ0v) is 16.8. The second-order valence-electron chi connectivity index (χ2n) is 6.21. The minimum Gasteiger partial charge on any atom is -0.384 e. The van der Waals surface area contributed by atoms with Gasteiger partial charge in [-0.1, -0.05) is 36.4 Å². The normalized spacial score (nSPS) is 15.3. The van der Waals surface area contributed by atoms with E-state index in [4.69, 9.17) is 18.9 Å². The van der Waals surface area contributed by atoms with E-state index in [-0.39, 0.29) is 0 Å². The van der Waals surface area contributed by atoms with E-state index >= 15 is 0 Å². The Morgan fingerprint density at radius 3 is 2.30 bits per heavy atom. The Kier molecular flexibility index (Phi) is 14.1. The fourth-order valence-electron chi connectivity index (χ4n) is 2.46. The molecule has 1 fully saturated rings. The van der Waals surface area contributed by atoms with Crippen molar-refractivity contribution in [3.8, 4) is 0 Å². The van der Waals surface area contributed by atoms with Crippen molar-refractivity contribution in [3.63, 3.8) is 0 Å². The van der Waals surface area contributed by atoms with Crippen molar-refractivity contribution in [3.05, 3.63) is 66.0 Å². The van der Waals surface area contributed by atoms with Crippen LogP contribution in [0.5, 0.6) is 0 Å². The molecule has 0 saturated carbocycles. The number of ether oxygens (including phenoxy) is 4. The topological polar surface area (TPSA) is 49.8 Å². The molecule has 0 spiro atoms. The number of nitrogens with zero attached hydrogens (tertiary/aromatic N) is 1. The third-order valence-corrected chi connectivity index (χ3v) is 3.90. The Morgan fingerprint density at radius 1 is 0.963 bits per heavy atom. The SMILES string of the molecule is COCC1CCOC1.COCCc1cccnc1.COCc1ccccc1. The largest absolute Gasteiger partial charge is 0.384 e. The summed E-state index contributed by atoms with van der Waals surface area (Å²) in [4.78, 5) is 3.98. The molecule has 0 radical (unpaired) electrons. The van der Waals surface area contributed by atoms with Gasteiger partial charge in [0.15, 0.2) is 0 Å². The number of hydrogen-bond acceptors (Lipinski definition) is 5. The van der Waals surface area contributed by atoms with Gasteiger partial charge >= 0.3 is 0 Å². The summed E-state index contributed by atoms with van der Waals surface area (Å²) in [6, 6.07) is 14.1. The maximum absolute atomic E-state index is 5.13. The molecule has 1 saturated heterocycles. The standard InChI is InChI=1S/C8H11NO.C8H10O.C6H12O2/c1-10-6-4-8-3-2-5-9-7-8;1-9-7-8-5-3-2-4-6-8;1-7-4-6-2-3-8-5-6/h2-3,5,7H,4,6H2,1H3;2-6H,7H2,1H3;6H,2-5H2,1H3. The van der Waals surface area contributed by atoms with Crippen molar-refractivity contribution in [2.24, 2.45) is 5.92 Å². The zero-order valence-electron chi connectivity index (χ0n) is 16.8. The van der Waals surface area contributed by atoms with Crippen LogP contribution >= 0.6 is 0 Å². The maximum Gasteiger partial charge on any atom is 0.0713 e. The number of rotatable bonds is 7. The van der Waals surface area contributed by atoms with Crippen LogP contribution in [0.2, 0.25) is 0 Å². The van der Waals surface area contributed by atoms with Gasteiger partial charge in [0.2, 0.25) is 0 Å². The Labute approximate surface area is 163 Å². The van der Waals surface area contributed by atoms with E-state index in [1.54, 1.807) is 27.5 Å². The Balaban J connectivity index is 0.000000204. The summed E-state index contributed by atoms with van der Waals surface area (Å²) in [5, 5.41) is 0. The molecule has 1 aromatic heterocycles. The van der Waals surface area contributed by atoms with Crippen molar-refractivity contribution < 1.29 is 18.9 Å². The van der Waals surface area contributed by atoms with Crippen LogP contribution in [0.15, 0.2) is 54.9 Å². The molecule has 0 N–H and O–H groups in total. The van der Waals surface area contributed by atoms with Gasteiger partial charge < -0.3 is 18.9 Å². The molecule has 1 aliphatic rings. The molecule has 1 aromatic carbocycles. The molecule has 150 valence electrons. The highest BCUT2D eigenvalue weighted by atomic mass is 16.5. The van der Waals surface area contributed by atoms with Crippen LogP contribution in [-0.2, 0) is 32.0 Å². The second-order valence-corrected chi connectivity index (χ2v) is 6.21. The molecule has 27 heavy (non-hydrogen) atoms. The quantitative estimate of drug-likeness (QED) is 0.737. The lowest BCUT2D eigenvalue weighted by atomic mass is 10.1. The minimum absolute atomic E-state index is 0.667. The summed E-state index contributed by atoms with van der Waals surface area (Å²) in [6.07, 6.45) is 5.76. The van der Waals surface area contributed by atoms with Gasteiger partial charge in [0.25, 0.3) is 0 Å². The minimum atomic E-state index is 0.667. The highest BCUT2D eigenvalue weighted by Crippen LogP contribution is 2.11. The van der Waals surface area contributed by atoms with Crippen LogP contribution < -0.4 is 0 Å². The van der Waals surface area contributed by atoms with Crippen molar-refractivity contribution in [1.82, 2.24) is 4.98 Å². The molecule has 1 atom stereocenters. The molecule has 2 aromatic rings. The maximum atomic E-state index is 5.13. The first-order valence-electron chi connectivity index (χ1n) is 9.27. The number of aromatic nitrogens is 1. The average Bonchev–Trinajstić information content (AvgIpc) is 3.23. The van der Waals surface area contributed by atoms with Crippen molar-refractivity contribution >= 4 is 0 Å². The second kappa shape index (κ2) is 16.4. The molecule has 5 nitrogen and oxygen atoms in total. The summed E-state index contributed by atoms with van der Waals surface area (Å²) < 4.78 is 19.9. The molecule has 1 unspecified atom stereocenters. The van der Waals surface area contributed by atoms with Crippen molar-refractivity contribution in [2.75, 3.05) is 47.8 Å². The Hall–Kier alpha value is -1.79. The summed E-state index contributed by atoms with van der Waals surface area (Å²) in [6.45, 7) is 4.16. The number of pyridine rings is 1. The highest BCUT2D eigenvalue weighted by molar-refractivity contribution is 5.13. The molecular formula is C22H33NO4. The molecule has 5 heteroatoms. The fourth-order valence-corrected chi connectivity index (χ4v) is 2.46. The lowest BCUT2D eigenvalue weighted by Gasteiger charge is -2.02. The number of methoxy groups -OCH3 is 3. The molecule has 0 amide bonds. The van der Waals surface area contributed by atoms with Crippen LogP contribution in [0.4, 0.5) is 0 Å². The molecule has 3 rings (SSSR count). The van der Waals surface area contributed by atoms with E-state index in [2.05, 4.69) is 4.98 Å². The third-order valence-electron chi connectivity index (χ3n) is 3.90. The lowest BCUT2D eigenvalue weighted by molar-refractivity contribution is 0.129. The van der Waals surface area contributed by atoms with Crippen LogP contribution in [0.3, 0.4) is 0 Å². The van der Waals surface area contributed by atoms with Gasteiger partial charge in [-0.3, -0.25) is 4.98 Å². The van der Waals surface area contributed by atoms with E-state index < -0.39 is 0 Å². The predicted molar refractivity (Wildman–Crippen MR) is 108 cm³/mol.